The summed E-state index contributed by atoms with van der Waals surface area (Å²) in [5, 5.41) is 3.39. The van der Waals surface area contributed by atoms with Crippen molar-refractivity contribution >= 4 is 0 Å². The fourth-order valence-electron chi connectivity index (χ4n) is 2.26. The fourth-order valence-corrected chi connectivity index (χ4v) is 2.26. The van der Waals surface area contributed by atoms with Gasteiger partial charge in [-0.25, -0.2) is 0 Å². The number of hydrogen-bond acceptors (Lipinski definition) is 2. The molecule has 0 aromatic carbocycles. The van der Waals surface area contributed by atoms with E-state index in [0.717, 1.165) is 24.9 Å². The van der Waals surface area contributed by atoms with Crippen LogP contribution >= 0.6 is 0 Å². The zero-order chi connectivity index (χ0) is 10.4. The van der Waals surface area contributed by atoms with Gasteiger partial charge in [0, 0.05) is 13.1 Å². The lowest BCUT2D eigenvalue weighted by Crippen LogP contribution is -2.39. The second-order valence-electron chi connectivity index (χ2n) is 4.78. The van der Waals surface area contributed by atoms with Gasteiger partial charge in [-0.3, -0.25) is 0 Å². The summed E-state index contributed by atoms with van der Waals surface area (Å²) in [6.07, 6.45) is 2.81. The molecule has 0 saturated carbocycles. The van der Waals surface area contributed by atoms with Gasteiger partial charge in [0.05, 0.1) is 0 Å². The number of rotatable bonds is 5. The van der Waals surface area contributed by atoms with E-state index >= 15 is 0 Å². The Labute approximate surface area is 89.1 Å². The zero-order valence-electron chi connectivity index (χ0n) is 10.1. The van der Waals surface area contributed by atoms with Gasteiger partial charge in [-0.05, 0) is 44.3 Å². The Morgan fingerprint density at radius 3 is 2.43 bits per heavy atom. The number of nitrogens with one attached hydrogen (secondary N) is 1. The van der Waals surface area contributed by atoms with Crippen molar-refractivity contribution in [2.45, 2.75) is 33.6 Å². The van der Waals surface area contributed by atoms with Crippen LogP contribution < -0.4 is 5.32 Å². The van der Waals surface area contributed by atoms with Crippen molar-refractivity contribution in [3.63, 3.8) is 0 Å². The Balaban J connectivity index is 2.09. The largest absolute Gasteiger partial charge is 0.316 e. The molecule has 0 aliphatic carbocycles. The number of likely N-dealkylation sites (tertiary alicyclic amines) is 1. The smallest absolute Gasteiger partial charge is 0.0107 e. The second kappa shape index (κ2) is 6.41. The summed E-state index contributed by atoms with van der Waals surface area (Å²) in [5.74, 6) is 1.86. The summed E-state index contributed by atoms with van der Waals surface area (Å²) in [6, 6.07) is 0. The molecular weight excluding hydrogens is 172 g/mol. The van der Waals surface area contributed by atoms with E-state index in [0.29, 0.717) is 0 Å². The van der Waals surface area contributed by atoms with Gasteiger partial charge >= 0.3 is 0 Å². The quantitative estimate of drug-likeness (QED) is 0.679. The predicted molar refractivity (Wildman–Crippen MR) is 62.5 cm³/mol. The fraction of sp³-hybridized carbons (Fsp3) is 1.00. The molecule has 0 spiro atoms. The van der Waals surface area contributed by atoms with Gasteiger partial charge in [0.2, 0.25) is 0 Å². The highest BCUT2D eigenvalue weighted by Gasteiger charge is 2.20. The van der Waals surface area contributed by atoms with E-state index in [-0.39, 0.29) is 0 Å². The first-order valence-corrected chi connectivity index (χ1v) is 6.17. The molecule has 1 aliphatic rings. The molecule has 1 heterocycles. The Morgan fingerprint density at radius 2 is 1.93 bits per heavy atom. The maximum absolute atomic E-state index is 3.39. The summed E-state index contributed by atoms with van der Waals surface area (Å²) in [4.78, 5) is 2.60. The minimum absolute atomic E-state index is 0.880. The minimum atomic E-state index is 0.880. The van der Waals surface area contributed by atoms with Gasteiger partial charge in [-0.1, -0.05) is 20.8 Å². The molecule has 1 rings (SSSR count). The van der Waals surface area contributed by atoms with Crippen molar-refractivity contribution in [1.82, 2.24) is 10.2 Å². The van der Waals surface area contributed by atoms with Gasteiger partial charge in [0.15, 0.2) is 0 Å². The standard InChI is InChI=1S/C12H26N2/c1-4-13-7-10-14-8-5-12(6-9-14)11(2)3/h11-13H,4-10H2,1-3H3. The normalized spacial score (nSPS) is 20.6. The molecule has 2 heteroatoms. The van der Waals surface area contributed by atoms with Crippen LogP contribution in [0.2, 0.25) is 0 Å². The summed E-state index contributed by atoms with van der Waals surface area (Å²) in [5.41, 5.74) is 0. The Hall–Kier alpha value is -0.0800. The molecule has 0 aromatic heterocycles. The van der Waals surface area contributed by atoms with E-state index in [2.05, 4.69) is 31.0 Å². The van der Waals surface area contributed by atoms with E-state index in [4.69, 9.17) is 0 Å². The molecule has 0 aromatic rings. The molecular formula is C12H26N2. The predicted octanol–water partition coefficient (Wildman–Crippen LogP) is 1.96. The van der Waals surface area contributed by atoms with Gasteiger partial charge < -0.3 is 10.2 Å². The van der Waals surface area contributed by atoms with E-state index in [1.165, 1.54) is 32.5 Å². The van der Waals surface area contributed by atoms with Gasteiger partial charge in [-0.2, -0.15) is 0 Å². The van der Waals surface area contributed by atoms with Gasteiger partial charge in [0.25, 0.3) is 0 Å². The van der Waals surface area contributed by atoms with Crippen LogP contribution in [-0.4, -0.2) is 37.6 Å². The second-order valence-corrected chi connectivity index (χ2v) is 4.78. The molecule has 1 saturated heterocycles. The summed E-state index contributed by atoms with van der Waals surface area (Å²) < 4.78 is 0. The maximum Gasteiger partial charge on any atom is 0.0107 e. The van der Waals surface area contributed by atoms with Crippen molar-refractivity contribution in [2.24, 2.45) is 11.8 Å². The molecule has 1 N–H and O–H groups in total. The highest BCUT2D eigenvalue weighted by atomic mass is 15.1. The van der Waals surface area contributed by atoms with Crippen LogP contribution in [0.1, 0.15) is 33.6 Å². The summed E-state index contributed by atoms with van der Waals surface area (Å²) in [6.45, 7) is 13.0. The molecule has 0 bridgehead atoms. The lowest BCUT2D eigenvalue weighted by atomic mass is 9.87. The van der Waals surface area contributed by atoms with Crippen LogP contribution in [0.15, 0.2) is 0 Å². The van der Waals surface area contributed by atoms with Crippen LogP contribution in [0.4, 0.5) is 0 Å². The third-order valence-corrected chi connectivity index (χ3v) is 3.43. The third-order valence-electron chi connectivity index (χ3n) is 3.43. The Kier molecular flexibility index (Phi) is 5.49. The number of piperidine rings is 1. The summed E-state index contributed by atoms with van der Waals surface area (Å²) >= 11 is 0. The lowest BCUT2D eigenvalue weighted by molar-refractivity contribution is 0.159. The zero-order valence-corrected chi connectivity index (χ0v) is 10.1. The molecule has 1 fully saturated rings. The van der Waals surface area contributed by atoms with Crippen LogP contribution in [0, 0.1) is 11.8 Å². The first kappa shape index (κ1) is 12.0. The topological polar surface area (TPSA) is 15.3 Å². The van der Waals surface area contributed by atoms with Gasteiger partial charge in [-0.15, -0.1) is 0 Å². The summed E-state index contributed by atoms with van der Waals surface area (Å²) in [7, 11) is 0. The molecule has 0 atom stereocenters. The first-order valence-electron chi connectivity index (χ1n) is 6.17. The van der Waals surface area contributed by atoms with Crippen molar-refractivity contribution in [2.75, 3.05) is 32.7 Å². The van der Waals surface area contributed by atoms with Crippen LogP contribution in [0.5, 0.6) is 0 Å². The van der Waals surface area contributed by atoms with Crippen molar-refractivity contribution in [3.8, 4) is 0 Å². The molecule has 0 amide bonds. The molecule has 84 valence electrons. The van der Waals surface area contributed by atoms with E-state index in [1.54, 1.807) is 0 Å². The number of hydrogen-bond donors (Lipinski definition) is 1. The Morgan fingerprint density at radius 1 is 1.29 bits per heavy atom. The average Bonchev–Trinajstić information content (AvgIpc) is 2.19. The van der Waals surface area contributed by atoms with Crippen LogP contribution in [0.25, 0.3) is 0 Å². The SMILES string of the molecule is CCNCCN1CCC(C(C)C)CC1. The highest BCUT2D eigenvalue weighted by molar-refractivity contribution is 4.74. The highest BCUT2D eigenvalue weighted by Crippen LogP contribution is 2.23. The van der Waals surface area contributed by atoms with Crippen molar-refractivity contribution < 1.29 is 0 Å². The molecule has 14 heavy (non-hydrogen) atoms. The Bertz CT molecular complexity index is 137. The maximum atomic E-state index is 3.39. The van der Waals surface area contributed by atoms with Crippen LogP contribution in [0.3, 0.4) is 0 Å². The number of nitrogens with zero attached hydrogens (tertiary/aromatic N) is 1. The molecule has 0 unspecified atom stereocenters. The van der Waals surface area contributed by atoms with Gasteiger partial charge in [0.1, 0.15) is 0 Å². The van der Waals surface area contributed by atoms with E-state index < -0.39 is 0 Å². The minimum Gasteiger partial charge on any atom is -0.316 e. The molecule has 2 nitrogen and oxygen atoms in total. The third kappa shape index (κ3) is 3.97. The van der Waals surface area contributed by atoms with Crippen molar-refractivity contribution in [1.29, 1.82) is 0 Å². The molecule has 1 aliphatic heterocycles. The van der Waals surface area contributed by atoms with E-state index in [9.17, 15) is 0 Å². The van der Waals surface area contributed by atoms with Crippen molar-refractivity contribution in [3.05, 3.63) is 0 Å². The first-order chi connectivity index (χ1) is 6.74. The number of likely N-dealkylation sites (N-methyl/N-ethyl adjacent to an activating group) is 1. The van der Waals surface area contributed by atoms with E-state index in [1.807, 2.05) is 0 Å². The lowest BCUT2D eigenvalue weighted by Gasteiger charge is -2.33. The monoisotopic (exact) mass is 198 g/mol. The van der Waals surface area contributed by atoms with Crippen LogP contribution in [-0.2, 0) is 0 Å². The molecule has 0 radical (unpaired) electrons. The average molecular weight is 198 g/mol.